The van der Waals surface area contributed by atoms with Crippen molar-refractivity contribution in [2.45, 2.75) is 39.0 Å². The van der Waals surface area contributed by atoms with Crippen LogP contribution in [0.1, 0.15) is 39.0 Å². The van der Waals surface area contributed by atoms with Crippen LogP contribution in [0.5, 0.6) is 0 Å². The predicted molar refractivity (Wildman–Crippen MR) is 55.8 cm³/mol. The van der Waals surface area contributed by atoms with E-state index >= 15 is 0 Å². The van der Waals surface area contributed by atoms with E-state index in [1.807, 2.05) is 0 Å². The first kappa shape index (κ1) is 11.5. The summed E-state index contributed by atoms with van der Waals surface area (Å²) in [5.41, 5.74) is 0. The van der Waals surface area contributed by atoms with E-state index in [1.165, 1.54) is 25.7 Å². The summed E-state index contributed by atoms with van der Waals surface area (Å²) in [5, 5.41) is 11.7. The van der Waals surface area contributed by atoms with Gasteiger partial charge in [0.15, 0.2) is 0 Å². The van der Waals surface area contributed by atoms with Crippen LogP contribution < -0.4 is 5.32 Å². The quantitative estimate of drug-likeness (QED) is 0.717. The maximum atomic E-state index is 10.7. The van der Waals surface area contributed by atoms with Crippen LogP contribution in [0.25, 0.3) is 0 Å². The van der Waals surface area contributed by atoms with Crippen molar-refractivity contribution in [2.24, 2.45) is 11.8 Å². The Hall–Kier alpha value is -0.570. The number of carbonyl (C=O) groups is 1. The molecule has 0 spiro atoms. The maximum Gasteiger partial charge on any atom is 0.216 e. The minimum Gasteiger partial charge on any atom is -0.396 e. The number of nitrogens with one attached hydrogen (secondary N) is 1. The van der Waals surface area contributed by atoms with E-state index in [0.29, 0.717) is 18.4 Å². The summed E-state index contributed by atoms with van der Waals surface area (Å²) in [6.07, 6.45) is 5.81. The topological polar surface area (TPSA) is 49.3 Å². The van der Waals surface area contributed by atoms with Crippen molar-refractivity contribution in [3.8, 4) is 0 Å². The zero-order valence-electron chi connectivity index (χ0n) is 8.96. The van der Waals surface area contributed by atoms with Gasteiger partial charge in [-0.3, -0.25) is 4.79 Å². The largest absolute Gasteiger partial charge is 0.396 e. The standard InChI is InChI=1S/C11H21NO2/c1-9(14)12-8-11-4-2-3-10(7-11)5-6-13/h10-11,13H,2-8H2,1H3,(H,12,14). The molecule has 1 amide bonds. The highest BCUT2D eigenvalue weighted by atomic mass is 16.3. The van der Waals surface area contributed by atoms with E-state index < -0.39 is 0 Å². The summed E-state index contributed by atoms with van der Waals surface area (Å²) < 4.78 is 0. The molecule has 0 radical (unpaired) electrons. The van der Waals surface area contributed by atoms with Crippen LogP contribution in [0, 0.1) is 11.8 Å². The van der Waals surface area contributed by atoms with Gasteiger partial charge in [-0.1, -0.05) is 12.8 Å². The summed E-state index contributed by atoms with van der Waals surface area (Å²) in [5.74, 6) is 1.37. The van der Waals surface area contributed by atoms with Crippen molar-refractivity contribution in [3.63, 3.8) is 0 Å². The molecule has 1 saturated carbocycles. The first-order chi connectivity index (χ1) is 6.72. The van der Waals surface area contributed by atoms with Crippen molar-refractivity contribution in [1.82, 2.24) is 5.32 Å². The number of rotatable bonds is 4. The highest BCUT2D eigenvalue weighted by Gasteiger charge is 2.21. The van der Waals surface area contributed by atoms with Gasteiger partial charge in [0.05, 0.1) is 0 Å². The van der Waals surface area contributed by atoms with Gasteiger partial charge in [-0.05, 0) is 31.1 Å². The lowest BCUT2D eigenvalue weighted by molar-refractivity contribution is -0.119. The van der Waals surface area contributed by atoms with Crippen LogP contribution >= 0.6 is 0 Å². The zero-order valence-corrected chi connectivity index (χ0v) is 8.96. The zero-order chi connectivity index (χ0) is 10.4. The van der Waals surface area contributed by atoms with Crippen molar-refractivity contribution in [1.29, 1.82) is 0 Å². The van der Waals surface area contributed by atoms with Gasteiger partial charge in [-0.15, -0.1) is 0 Å². The van der Waals surface area contributed by atoms with Gasteiger partial charge < -0.3 is 10.4 Å². The molecule has 82 valence electrons. The number of amides is 1. The lowest BCUT2D eigenvalue weighted by Crippen LogP contribution is -2.30. The minimum atomic E-state index is 0.0641. The first-order valence-corrected chi connectivity index (χ1v) is 5.57. The third kappa shape index (κ3) is 4.09. The Bertz CT molecular complexity index is 180. The maximum absolute atomic E-state index is 10.7. The van der Waals surface area contributed by atoms with Crippen molar-refractivity contribution in [3.05, 3.63) is 0 Å². The van der Waals surface area contributed by atoms with Gasteiger partial charge in [-0.25, -0.2) is 0 Å². The Labute approximate surface area is 85.9 Å². The summed E-state index contributed by atoms with van der Waals surface area (Å²) in [6.45, 7) is 2.68. The molecule has 0 aliphatic heterocycles. The second-order valence-corrected chi connectivity index (χ2v) is 4.35. The number of hydrogen-bond acceptors (Lipinski definition) is 2. The molecule has 0 aromatic rings. The number of aliphatic hydroxyl groups excluding tert-OH is 1. The normalized spacial score (nSPS) is 27.3. The van der Waals surface area contributed by atoms with Gasteiger partial charge in [0.2, 0.25) is 5.91 Å². The molecule has 0 aromatic carbocycles. The summed E-state index contributed by atoms with van der Waals surface area (Å²) in [7, 11) is 0. The van der Waals surface area contributed by atoms with Crippen molar-refractivity contribution in [2.75, 3.05) is 13.2 Å². The monoisotopic (exact) mass is 199 g/mol. The molecule has 3 heteroatoms. The Morgan fingerprint density at radius 1 is 1.43 bits per heavy atom. The fraction of sp³-hybridized carbons (Fsp3) is 0.909. The van der Waals surface area contributed by atoms with E-state index in [2.05, 4.69) is 5.32 Å². The molecule has 14 heavy (non-hydrogen) atoms. The Morgan fingerprint density at radius 2 is 2.14 bits per heavy atom. The fourth-order valence-corrected chi connectivity index (χ4v) is 2.32. The third-order valence-corrected chi connectivity index (χ3v) is 3.07. The van der Waals surface area contributed by atoms with Crippen LogP contribution in [0.3, 0.4) is 0 Å². The number of carbonyl (C=O) groups excluding carboxylic acids is 1. The van der Waals surface area contributed by atoms with E-state index in [-0.39, 0.29) is 5.91 Å². The van der Waals surface area contributed by atoms with Gasteiger partial charge >= 0.3 is 0 Å². The Kier molecular flexibility index (Phi) is 4.94. The lowest BCUT2D eigenvalue weighted by Gasteiger charge is -2.28. The molecule has 0 heterocycles. The molecule has 1 aliphatic carbocycles. The summed E-state index contributed by atoms with van der Waals surface area (Å²) in [6, 6.07) is 0. The van der Waals surface area contributed by atoms with E-state index in [4.69, 9.17) is 5.11 Å². The van der Waals surface area contributed by atoms with Gasteiger partial charge in [0, 0.05) is 20.1 Å². The van der Waals surface area contributed by atoms with Gasteiger partial charge in [-0.2, -0.15) is 0 Å². The molecule has 0 aromatic heterocycles. The minimum absolute atomic E-state index is 0.0641. The van der Waals surface area contributed by atoms with E-state index in [0.717, 1.165) is 13.0 Å². The van der Waals surface area contributed by atoms with E-state index in [1.54, 1.807) is 6.92 Å². The Morgan fingerprint density at radius 3 is 2.79 bits per heavy atom. The third-order valence-electron chi connectivity index (χ3n) is 3.07. The van der Waals surface area contributed by atoms with Crippen molar-refractivity contribution >= 4 is 5.91 Å². The second kappa shape index (κ2) is 6.02. The van der Waals surface area contributed by atoms with Crippen LogP contribution in [0.4, 0.5) is 0 Å². The van der Waals surface area contributed by atoms with Crippen LogP contribution in [-0.2, 0) is 4.79 Å². The fourth-order valence-electron chi connectivity index (χ4n) is 2.32. The van der Waals surface area contributed by atoms with Gasteiger partial charge in [0.25, 0.3) is 0 Å². The summed E-state index contributed by atoms with van der Waals surface area (Å²) in [4.78, 5) is 10.7. The molecular weight excluding hydrogens is 178 g/mol. The molecule has 1 fully saturated rings. The van der Waals surface area contributed by atoms with Crippen LogP contribution in [0.2, 0.25) is 0 Å². The molecule has 3 nitrogen and oxygen atoms in total. The molecule has 0 saturated heterocycles. The molecule has 0 bridgehead atoms. The molecule has 2 unspecified atom stereocenters. The smallest absolute Gasteiger partial charge is 0.216 e. The molecule has 1 aliphatic rings. The average molecular weight is 199 g/mol. The molecule has 2 atom stereocenters. The first-order valence-electron chi connectivity index (χ1n) is 5.57. The summed E-state index contributed by atoms with van der Waals surface area (Å²) >= 11 is 0. The predicted octanol–water partition coefficient (Wildman–Crippen LogP) is 1.31. The number of aliphatic hydroxyl groups is 1. The van der Waals surface area contributed by atoms with Crippen molar-refractivity contribution < 1.29 is 9.90 Å². The highest BCUT2D eigenvalue weighted by Crippen LogP contribution is 2.30. The Balaban J connectivity index is 2.21. The SMILES string of the molecule is CC(=O)NCC1CCCC(CCO)C1. The second-order valence-electron chi connectivity index (χ2n) is 4.35. The lowest BCUT2D eigenvalue weighted by atomic mass is 9.80. The van der Waals surface area contributed by atoms with Crippen LogP contribution in [0.15, 0.2) is 0 Å². The average Bonchev–Trinajstić information content (AvgIpc) is 2.16. The molecule has 2 N–H and O–H groups in total. The number of hydrogen-bond donors (Lipinski definition) is 2. The van der Waals surface area contributed by atoms with Crippen LogP contribution in [-0.4, -0.2) is 24.2 Å². The highest BCUT2D eigenvalue weighted by molar-refractivity contribution is 5.72. The van der Waals surface area contributed by atoms with E-state index in [9.17, 15) is 4.79 Å². The molecule has 1 rings (SSSR count). The molecular formula is C11H21NO2. The van der Waals surface area contributed by atoms with Gasteiger partial charge in [0.1, 0.15) is 0 Å².